The first-order valence-electron chi connectivity index (χ1n) is 1.57. The van der Waals surface area contributed by atoms with Gasteiger partial charge in [0.05, 0.1) is 3.74 Å². The summed E-state index contributed by atoms with van der Waals surface area (Å²) in [4.78, 5) is 4.11. The summed E-state index contributed by atoms with van der Waals surface area (Å²) in [5, 5.41) is 0. The SMILES string of the molecule is NOC=CC(Br)Br. The van der Waals surface area contributed by atoms with Crippen LogP contribution in [0, 0.1) is 0 Å². The molecule has 0 aliphatic heterocycles. The Kier molecular flexibility index (Phi) is 4.92. The standard InChI is InChI=1S/C3H5Br2NO/c4-3(5)1-2-7-6/h1-3H,6H2. The van der Waals surface area contributed by atoms with E-state index in [4.69, 9.17) is 0 Å². The van der Waals surface area contributed by atoms with Gasteiger partial charge in [-0.05, 0) is 6.08 Å². The Morgan fingerprint density at radius 3 is 2.29 bits per heavy atom. The summed E-state index contributed by atoms with van der Waals surface area (Å²) < 4.78 is 0.142. The van der Waals surface area contributed by atoms with Crippen molar-refractivity contribution >= 4 is 31.9 Å². The third-order valence-corrected chi connectivity index (χ3v) is 0.913. The summed E-state index contributed by atoms with van der Waals surface area (Å²) in [5.41, 5.74) is 0. The zero-order valence-corrected chi connectivity index (χ0v) is 6.65. The summed E-state index contributed by atoms with van der Waals surface area (Å²) in [6.45, 7) is 0. The van der Waals surface area contributed by atoms with E-state index in [0.717, 1.165) is 0 Å². The van der Waals surface area contributed by atoms with Gasteiger partial charge in [0, 0.05) is 0 Å². The van der Waals surface area contributed by atoms with Gasteiger partial charge in [-0.15, -0.1) is 0 Å². The van der Waals surface area contributed by atoms with Crippen LogP contribution in [0.15, 0.2) is 12.3 Å². The van der Waals surface area contributed by atoms with Crippen LogP contribution in [0.5, 0.6) is 0 Å². The maximum absolute atomic E-state index is 4.65. The Bertz CT molecular complexity index is 64.0. The largest absolute Gasteiger partial charge is 0.420 e. The Hall–Kier alpha value is 0.460. The molecule has 2 N–H and O–H groups in total. The molecule has 4 heteroatoms. The molecule has 0 amide bonds. The lowest BCUT2D eigenvalue weighted by molar-refractivity contribution is 0.260. The molecule has 0 spiro atoms. The van der Waals surface area contributed by atoms with Gasteiger partial charge in [-0.1, -0.05) is 31.9 Å². The molecule has 0 atom stereocenters. The fourth-order valence-electron chi connectivity index (χ4n) is 0.105. The van der Waals surface area contributed by atoms with Crippen LogP contribution in [-0.2, 0) is 4.84 Å². The Labute approximate surface area is 58.9 Å². The second kappa shape index (κ2) is 4.61. The second-order valence-electron chi connectivity index (χ2n) is 0.799. The third kappa shape index (κ3) is 6.46. The first kappa shape index (κ1) is 7.46. The van der Waals surface area contributed by atoms with Gasteiger partial charge in [-0.2, -0.15) is 5.90 Å². The molecule has 0 aliphatic rings. The lowest BCUT2D eigenvalue weighted by atomic mass is 10.7. The molecule has 0 saturated carbocycles. The second-order valence-corrected chi connectivity index (χ2v) is 4.00. The maximum Gasteiger partial charge on any atom is 0.108 e. The molecule has 7 heavy (non-hydrogen) atoms. The molecule has 0 unspecified atom stereocenters. The van der Waals surface area contributed by atoms with Crippen molar-refractivity contribution in [1.29, 1.82) is 0 Å². The Balaban J connectivity index is 3.08. The van der Waals surface area contributed by atoms with E-state index >= 15 is 0 Å². The topological polar surface area (TPSA) is 35.2 Å². The Morgan fingerprint density at radius 1 is 1.57 bits per heavy atom. The van der Waals surface area contributed by atoms with Crippen molar-refractivity contribution in [3.8, 4) is 0 Å². The highest BCUT2D eigenvalue weighted by atomic mass is 79.9. The van der Waals surface area contributed by atoms with E-state index in [1.807, 2.05) is 0 Å². The third-order valence-electron chi connectivity index (χ3n) is 0.303. The van der Waals surface area contributed by atoms with Gasteiger partial charge in [-0.3, -0.25) is 0 Å². The molecule has 42 valence electrons. The molecule has 0 aliphatic carbocycles. The Morgan fingerprint density at radius 2 is 2.14 bits per heavy atom. The van der Waals surface area contributed by atoms with Gasteiger partial charge in [0.25, 0.3) is 0 Å². The van der Waals surface area contributed by atoms with E-state index in [1.165, 1.54) is 6.26 Å². The minimum Gasteiger partial charge on any atom is -0.420 e. The number of halogens is 2. The highest BCUT2D eigenvalue weighted by molar-refractivity contribution is 9.24. The highest BCUT2D eigenvalue weighted by Gasteiger charge is 1.84. The zero-order valence-electron chi connectivity index (χ0n) is 3.47. The summed E-state index contributed by atoms with van der Waals surface area (Å²) >= 11 is 6.34. The maximum atomic E-state index is 4.65. The van der Waals surface area contributed by atoms with Crippen molar-refractivity contribution < 1.29 is 4.84 Å². The van der Waals surface area contributed by atoms with Gasteiger partial charge in [-0.25, -0.2) is 0 Å². The predicted molar refractivity (Wildman–Crippen MR) is 36.1 cm³/mol. The summed E-state index contributed by atoms with van der Waals surface area (Å²) in [5.74, 6) is 4.65. The van der Waals surface area contributed by atoms with Crippen LogP contribution in [0.2, 0.25) is 0 Å². The molecule has 0 rings (SSSR count). The first-order chi connectivity index (χ1) is 3.27. The minimum atomic E-state index is 0.142. The van der Waals surface area contributed by atoms with Crippen molar-refractivity contribution in [2.24, 2.45) is 5.90 Å². The normalized spacial score (nSPS) is 10.9. The van der Waals surface area contributed by atoms with Crippen molar-refractivity contribution in [3.05, 3.63) is 12.3 Å². The number of rotatable bonds is 2. The summed E-state index contributed by atoms with van der Waals surface area (Å²) in [7, 11) is 0. The average molecular weight is 231 g/mol. The average Bonchev–Trinajstić information content (AvgIpc) is 1.61. The van der Waals surface area contributed by atoms with Crippen molar-refractivity contribution in [2.75, 3.05) is 0 Å². The molecule has 0 bridgehead atoms. The van der Waals surface area contributed by atoms with Gasteiger partial charge in [0.2, 0.25) is 0 Å². The zero-order chi connectivity index (χ0) is 5.70. The quantitative estimate of drug-likeness (QED) is 0.444. The highest BCUT2D eigenvalue weighted by Crippen LogP contribution is 2.07. The van der Waals surface area contributed by atoms with E-state index < -0.39 is 0 Å². The number of alkyl halides is 2. The van der Waals surface area contributed by atoms with Crippen LogP contribution in [0.25, 0.3) is 0 Å². The van der Waals surface area contributed by atoms with Gasteiger partial charge in [0.1, 0.15) is 6.26 Å². The van der Waals surface area contributed by atoms with Crippen LogP contribution in [0.1, 0.15) is 0 Å². The predicted octanol–water partition coefficient (Wildman–Crippen LogP) is 1.51. The first-order valence-corrected chi connectivity index (χ1v) is 3.41. The van der Waals surface area contributed by atoms with Crippen molar-refractivity contribution in [1.82, 2.24) is 0 Å². The molecular formula is C3H5Br2NO. The molecule has 0 aromatic carbocycles. The molecule has 0 aromatic heterocycles. The fourth-order valence-corrected chi connectivity index (χ4v) is 0.354. The van der Waals surface area contributed by atoms with E-state index in [2.05, 4.69) is 42.6 Å². The monoisotopic (exact) mass is 229 g/mol. The number of allylic oxidation sites excluding steroid dienone is 1. The molecule has 0 fully saturated rings. The molecule has 0 heterocycles. The smallest absolute Gasteiger partial charge is 0.108 e. The molecular weight excluding hydrogens is 226 g/mol. The molecule has 0 radical (unpaired) electrons. The van der Waals surface area contributed by atoms with E-state index in [-0.39, 0.29) is 3.74 Å². The number of nitrogens with two attached hydrogens (primary N) is 1. The summed E-state index contributed by atoms with van der Waals surface area (Å²) in [6.07, 6.45) is 3.09. The van der Waals surface area contributed by atoms with Crippen LogP contribution in [0.4, 0.5) is 0 Å². The van der Waals surface area contributed by atoms with Gasteiger partial charge >= 0.3 is 0 Å². The molecule has 2 nitrogen and oxygen atoms in total. The minimum absolute atomic E-state index is 0.142. The van der Waals surface area contributed by atoms with E-state index in [0.29, 0.717) is 0 Å². The van der Waals surface area contributed by atoms with Crippen LogP contribution in [-0.4, -0.2) is 3.74 Å². The van der Waals surface area contributed by atoms with E-state index in [9.17, 15) is 0 Å². The summed E-state index contributed by atoms with van der Waals surface area (Å²) in [6, 6.07) is 0. The number of hydrogen-bond donors (Lipinski definition) is 1. The fraction of sp³-hybridized carbons (Fsp3) is 0.333. The van der Waals surface area contributed by atoms with Crippen molar-refractivity contribution in [3.63, 3.8) is 0 Å². The van der Waals surface area contributed by atoms with Crippen molar-refractivity contribution in [2.45, 2.75) is 3.74 Å². The lowest BCUT2D eigenvalue weighted by Crippen LogP contribution is -1.88. The van der Waals surface area contributed by atoms with Gasteiger partial charge in [0.15, 0.2) is 0 Å². The number of hydrogen-bond acceptors (Lipinski definition) is 2. The van der Waals surface area contributed by atoms with Crippen LogP contribution < -0.4 is 5.90 Å². The van der Waals surface area contributed by atoms with E-state index in [1.54, 1.807) is 6.08 Å². The molecule has 0 saturated heterocycles. The van der Waals surface area contributed by atoms with Gasteiger partial charge < -0.3 is 4.84 Å². The van der Waals surface area contributed by atoms with Crippen LogP contribution in [0.3, 0.4) is 0 Å². The molecule has 0 aromatic rings. The lowest BCUT2D eigenvalue weighted by Gasteiger charge is -1.86. The van der Waals surface area contributed by atoms with Crippen LogP contribution >= 0.6 is 31.9 Å².